The van der Waals surface area contributed by atoms with Gasteiger partial charge in [0.2, 0.25) is 5.91 Å². The minimum atomic E-state index is -0.612. The minimum absolute atomic E-state index is 0.140. The molecule has 8 nitrogen and oxygen atoms in total. The molecule has 1 aromatic rings. The molecule has 0 aliphatic heterocycles. The van der Waals surface area contributed by atoms with E-state index in [1.54, 1.807) is 0 Å². The van der Waals surface area contributed by atoms with Crippen LogP contribution in [0.3, 0.4) is 0 Å². The maximum absolute atomic E-state index is 12.4. The van der Waals surface area contributed by atoms with Crippen molar-refractivity contribution in [2.45, 2.75) is 200 Å². The van der Waals surface area contributed by atoms with Crippen molar-refractivity contribution in [1.82, 2.24) is 10.6 Å². The molecule has 0 saturated carbocycles. The van der Waals surface area contributed by atoms with Gasteiger partial charge >= 0.3 is 6.09 Å². The van der Waals surface area contributed by atoms with Gasteiger partial charge in [-0.2, -0.15) is 0 Å². The molecule has 0 aromatic heterocycles. The van der Waals surface area contributed by atoms with Crippen molar-refractivity contribution in [2.24, 2.45) is 5.73 Å². The van der Waals surface area contributed by atoms with Gasteiger partial charge in [0.05, 0.1) is 19.3 Å². The van der Waals surface area contributed by atoms with E-state index in [4.69, 9.17) is 19.9 Å². The SMILES string of the molecule is CCCCCCCCCCCCCCOCC(CNC(=O)CNC(=O)OCc1ccccc1)OCCCCCCCCCCCCCC.CCCCN. The second-order valence-electron chi connectivity index (χ2n) is 14.7. The van der Waals surface area contributed by atoms with Gasteiger partial charge in [0.15, 0.2) is 0 Å². The first-order valence-corrected chi connectivity index (χ1v) is 22.2. The molecule has 0 saturated heterocycles. The molecule has 4 N–H and O–H groups in total. The molecule has 0 aliphatic carbocycles. The second kappa shape index (κ2) is 42.6. The fraction of sp³-hybridized carbons (Fsp3) is 0.822. The number of benzene rings is 1. The Balaban J connectivity index is 0.00000504. The summed E-state index contributed by atoms with van der Waals surface area (Å²) in [5, 5.41) is 5.42. The lowest BCUT2D eigenvalue weighted by atomic mass is 10.1. The number of amides is 2. The fourth-order valence-corrected chi connectivity index (χ4v) is 6.04. The third kappa shape index (κ3) is 39.4. The van der Waals surface area contributed by atoms with E-state index in [2.05, 4.69) is 31.4 Å². The summed E-state index contributed by atoms with van der Waals surface area (Å²) >= 11 is 0. The summed E-state index contributed by atoms with van der Waals surface area (Å²) in [6.45, 7) is 9.76. The highest BCUT2D eigenvalue weighted by Crippen LogP contribution is 2.13. The van der Waals surface area contributed by atoms with Gasteiger partial charge in [0.1, 0.15) is 6.61 Å². The lowest BCUT2D eigenvalue weighted by Crippen LogP contribution is -2.42. The van der Waals surface area contributed by atoms with Crippen LogP contribution in [0.25, 0.3) is 0 Å². The topological polar surface area (TPSA) is 112 Å². The molecule has 0 bridgehead atoms. The van der Waals surface area contributed by atoms with Crippen LogP contribution < -0.4 is 16.4 Å². The summed E-state index contributed by atoms with van der Waals surface area (Å²) in [6.07, 6.45) is 33.1. The maximum atomic E-state index is 12.4. The number of hydrogen-bond donors (Lipinski definition) is 3. The molecule has 310 valence electrons. The van der Waals surface area contributed by atoms with Crippen molar-refractivity contribution in [3.05, 3.63) is 35.9 Å². The molecule has 8 heteroatoms. The Hall–Kier alpha value is -2.16. The van der Waals surface area contributed by atoms with Gasteiger partial charge in [-0.1, -0.05) is 199 Å². The lowest BCUT2D eigenvalue weighted by molar-refractivity contribution is -0.121. The molecule has 1 rings (SSSR count). The van der Waals surface area contributed by atoms with Crippen LogP contribution in [0.5, 0.6) is 0 Å². The van der Waals surface area contributed by atoms with Gasteiger partial charge in [0, 0.05) is 19.8 Å². The summed E-state index contributed by atoms with van der Waals surface area (Å²) in [4.78, 5) is 24.4. The first kappa shape index (κ1) is 50.8. The maximum Gasteiger partial charge on any atom is 0.407 e. The van der Waals surface area contributed by atoms with E-state index < -0.39 is 6.09 Å². The van der Waals surface area contributed by atoms with Crippen molar-refractivity contribution in [2.75, 3.05) is 39.5 Å². The van der Waals surface area contributed by atoms with Crippen LogP contribution in [0, 0.1) is 0 Å². The standard InChI is InChI=1S/C41H74N2O5.C4H11N/c1-3-5-7-9-11-13-15-17-19-21-23-28-32-46-37-39(47-33-29-24-22-20-18-16-14-12-10-8-6-4-2)34-42-40(44)35-43-41(45)48-36-38-30-26-25-27-31-38;1-2-3-4-5/h25-27,30-31,39H,3-24,28-29,32-37H2,1-2H3,(H,42,44)(H,43,45);2-5H2,1H3. The average molecular weight is 748 g/mol. The van der Waals surface area contributed by atoms with Crippen molar-refractivity contribution in [3.8, 4) is 0 Å². The first-order chi connectivity index (χ1) is 26.1. The van der Waals surface area contributed by atoms with Gasteiger partial charge < -0.3 is 30.6 Å². The fourth-order valence-electron chi connectivity index (χ4n) is 6.04. The Bertz CT molecular complexity index is 886. The zero-order chi connectivity index (χ0) is 38.7. The van der Waals surface area contributed by atoms with Crippen LogP contribution in [0.15, 0.2) is 30.3 Å². The Morgan fingerprint density at radius 1 is 0.585 bits per heavy atom. The molecule has 1 atom stereocenters. The molecule has 2 amide bonds. The van der Waals surface area contributed by atoms with Gasteiger partial charge in [0.25, 0.3) is 0 Å². The van der Waals surface area contributed by atoms with Gasteiger partial charge in [-0.15, -0.1) is 0 Å². The van der Waals surface area contributed by atoms with Gasteiger partial charge in [-0.3, -0.25) is 4.79 Å². The van der Waals surface area contributed by atoms with E-state index >= 15 is 0 Å². The van der Waals surface area contributed by atoms with Crippen LogP contribution in [0.1, 0.15) is 193 Å². The highest BCUT2D eigenvalue weighted by Gasteiger charge is 2.13. The number of nitrogens with two attached hydrogens (primary N) is 1. The van der Waals surface area contributed by atoms with E-state index in [0.29, 0.717) is 19.8 Å². The van der Waals surface area contributed by atoms with E-state index in [-0.39, 0.29) is 25.2 Å². The largest absolute Gasteiger partial charge is 0.445 e. The van der Waals surface area contributed by atoms with Crippen molar-refractivity contribution in [1.29, 1.82) is 0 Å². The number of hydrogen-bond acceptors (Lipinski definition) is 6. The normalized spacial score (nSPS) is 11.5. The first-order valence-electron chi connectivity index (χ1n) is 22.2. The van der Waals surface area contributed by atoms with E-state index in [0.717, 1.165) is 31.6 Å². The number of carbonyl (C=O) groups excluding carboxylic acids is 2. The molecule has 0 radical (unpaired) electrons. The third-order valence-corrected chi connectivity index (χ3v) is 9.49. The molecule has 0 fully saturated rings. The summed E-state index contributed by atoms with van der Waals surface area (Å²) in [5.74, 6) is -0.272. The van der Waals surface area contributed by atoms with Crippen molar-refractivity contribution in [3.63, 3.8) is 0 Å². The molecular weight excluding hydrogens is 663 g/mol. The number of alkyl carbamates (subject to hydrolysis) is 1. The number of ether oxygens (including phenoxy) is 3. The number of rotatable bonds is 37. The smallest absolute Gasteiger partial charge is 0.407 e. The molecule has 0 heterocycles. The third-order valence-electron chi connectivity index (χ3n) is 9.49. The second-order valence-corrected chi connectivity index (χ2v) is 14.7. The van der Waals surface area contributed by atoms with E-state index in [1.807, 2.05) is 30.3 Å². The highest BCUT2D eigenvalue weighted by atomic mass is 16.5. The van der Waals surface area contributed by atoms with Crippen molar-refractivity contribution < 1.29 is 23.8 Å². The van der Waals surface area contributed by atoms with Crippen LogP contribution >= 0.6 is 0 Å². The number of carbonyl (C=O) groups is 2. The summed E-state index contributed by atoms with van der Waals surface area (Å²) in [7, 11) is 0. The molecule has 0 spiro atoms. The quantitative estimate of drug-likeness (QED) is 0.0584. The molecule has 53 heavy (non-hydrogen) atoms. The van der Waals surface area contributed by atoms with Crippen LogP contribution in [-0.4, -0.2) is 57.6 Å². The molecule has 0 aliphatic rings. The highest BCUT2D eigenvalue weighted by molar-refractivity contribution is 5.82. The predicted molar refractivity (Wildman–Crippen MR) is 224 cm³/mol. The van der Waals surface area contributed by atoms with Crippen LogP contribution in [0.4, 0.5) is 4.79 Å². The van der Waals surface area contributed by atoms with E-state index in [1.165, 1.54) is 154 Å². The minimum Gasteiger partial charge on any atom is -0.445 e. The monoisotopic (exact) mass is 748 g/mol. The van der Waals surface area contributed by atoms with Gasteiger partial charge in [-0.25, -0.2) is 4.79 Å². The number of nitrogens with one attached hydrogen (secondary N) is 2. The molecule has 1 unspecified atom stereocenters. The summed E-state index contributed by atoms with van der Waals surface area (Å²) in [6, 6.07) is 9.47. The van der Waals surface area contributed by atoms with Gasteiger partial charge in [-0.05, 0) is 31.4 Å². The zero-order valence-corrected chi connectivity index (χ0v) is 34.9. The van der Waals surface area contributed by atoms with E-state index in [9.17, 15) is 9.59 Å². The molecular formula is C45H85N3O5. The Kier molecular flexibility index (Phi) is 40.8. The average Bonchev–Trinajstić information content (AvgIpc) is 3.17. The predicted octanol–water partition coefficient (Wildman–Crippen LogP) is 11.6. The zero-order valence-electron chi connectivity index (χ0n) is 34.9. The summed E-state index contributed by atoms with van der Waals surface area (Å²) in [5.41, 5.74) is 6.04. The molecule has 1 aromatic carbocycles. The van der Waals surface area contributed by atoms with Crippen LogP contribution in [0.2, 0.25) is 0 Å². The Labute approximate surface area is 327 Å². The van der Waals surface area contributed by atoms with Crippen LogP contribution in [-0.2, 0) is 25.6 Å². The lowest BCUT2D eigenvalue weighted by Gasteiger charge is -2.19. The number of unbranched alkanes of at least 4 members (excludes halogenated alkanes) is 23. The Morgan fingerprint density at radius 3 is 1.49 bits per heavy atom. The Morgan fingerprint density at radius 2 is 1.04 bits per heavy atom. The van der Waals surface area contributed by atoms with Crippen molar-refractivity contribution >= 4 is 12.0 Å². The summed E-state index contributed by atoms with van der Waals surface area (Å²) < 4.78 is 17.3.